The Morgan fingerprint density at radius 1 is 1.78 bits per heavy atom. The van der Waals surface area contributed by atoms with Crippen LogP contribution in [-0.4, -0.2) is 12.1 Å². The van der Waals surface area contributed by atoms with E-state index >= 15 is 0 Å². The molecule has 2 N–H and O–H groups in total. The molecule has 0 aromatic heterocycles. The molecule has 9 heavy (non-hydrogen) atoms. The Hall–Kier alpha value is -1.12. The van der Waals surface area contributed by atoms with E-state index in [-0.39, 0.29) is 11.8 Å². The fraction of sp³-hybridized carbons (Fsp3) is 0.333. The molecule has 0 aromatic rings. The van der Waals surface area contributed by atoms with Crippen LogP contribution in [0.15, 0.2) is 17.3 Å². The number of nitrogens with two attached hydrogens (primary N) is 1. The van der Waals surface area contributed by atoms with Crippen molar-refractivity contribution in [1.82, 2.24) is 0 Å². The van der Waals surface area contributed by atoms with Gasteiger partial charge in [0.15, 0.2) is 0 Å². The molecule has 0 spiro atoms. The molecule has 3 nitrogen and oxygen atoms in total. The van der Waals surface area contributed by atoms with Gasteiger partial charge >= 0.3 is 0 Å². The highest BCUT2D eigenvalue weighted by Gasteiger charge is 2.11. The summed E-state index contributed by atoms with van der Waals surface area (Å²) in [6.45, 7) is 0. The van der Waals surface area contributed by atoms with E-state index in [4.69, 9.17) is 5.73 Å². The first-order chi connectivity index (χ1) is 4.30. The van der Waals surface area contributed by atoms with Gasteiger partial charge in [0, 0.05) is 12.4 Å². The first kappa shape index (κ1) is 6.01. The molecular weight excluding hydrogens is 116 g/mol. The third-order valence-corrected chi connectivity index (χ3v) is 1.21. The fourth-order valence-electron chi connectivity index (χ4n) is 0.672. The third-order valence-electron chi connectivity index (χ3n) is 1.21. The molecular formula is C6H8N2O. The van der Waals surface area contributed by atoms with E-state index < -0.39 is 0 Å². The lowest BCUT2D eigenvalue weighted by atomic mass is 10.1. The molecule has 0 aromatic carbocycles. The van der Waals surface area contributed by atoms with Crippen LogP contribution in [0.25, 0.3) is 0 Å². The number of rotatable bonds is 1. The molecule has 3 heteroatoms. The zero-order chi connectivity index (χ0) is 6.69. The van der Waals surface area contributed by atoms with Gasteiger partial charge < -0.3 is 5.73 Å². The van der Waals surface area contributed by atoms with E-state index in [1.165, 1.54) is 0 Å². The summed E-state index contributed by atoms with van der Waals surface area (Å²) in [6.07, 6.45) is 5.76. The van der Waals surface area contributed by atoms with Gasteiger partial charge in [-0.1, -0.05) is 6.08 Å². The average molecular weight is 124 g/mol. The number of nitrogens with zero attached hydrogens (tertiary/aromatic N) is 1. The zero-order valence-corrected chi connectivity index (χ0v) is 4.95. The van der Waals surface area contributed by atoms with Gasteiger partial charge in [-0.3, -0.25) is 9.79 Å². The topological polar surface area (TPSA) is 55.5 Å². The Bertz CT molecular complexity index is 172. The lowest BCUT2D eigenvalue weighted by Gasteiger charge is -2.05. The van der Waals surface area contributed by atoms with E-state index in [0.717, 1.165) is 0 Å². The normalized spacial score (nSPS) is 24.2. The monoisotopic (exact) mass is 124 g/mol. The maximum Gasteiger partial charge on any atom is 0.226 e. The molecule has 1 aliphatic rings. The predicted molar refractivity (Wildman–Crippen MR) is 34.9 cm³/mol. The zero-order valence-electron chi connectivity index (χ0n) is 4.95. The number of primary amides is 1. The van der Waals surface area contributed by atoms with Crippen molar-refractivity contribution in [3.8, 4) is 0 Å². The Morgan fingerprint density at radius 3 is 2.89 bits per heavy atom. The van der Waals surface area contributed by atoms with Gasteiger partial charge in [0.05, 0.1) is 5.92 Å². The molecule has 1 aliphatic heterocycles. The smallest absolute Gasteiger partial charge is 0.226 e. The molecule has 48 valence electrons. The largest absolute Gasteiger partial charge is 0.369 e. The van der Waals surface area contributed by atoms with Crippen LogP contribution in [0, 0.1) is 5.92 Å². The fourth-order valence-corrected chi connectivity index (χ4v) is 0.672. The van der Waals surface area contributed by atoms with Crippen molar-refractivity contribution in [3.63, 3.8) is 0 Å². The van der Waals surface area contributed by atoms with Crippen LogP contribution in [0.1, 0.15) is 6.42 Å². The third kappa shape index (κ3) is 1.38. The molecule has 1 atom stereocenters. The summed E-state index contributed by atoms with van der Waals surface area (Å²) in [5, 5.41) is 0. The van der Waals surface area contributed by atoms with Gasteiger partial charge in [0.1, 0.15) is 0 Å². The Morgan fingerprint density at radius 2 is 2.56 bits per heavy atom. The number of hydrogen-bond donors (Lipinski definition) is 1. The van der Waals surface area contributed by atoms with Crippen molar-refractivity contribution < 1.29 is 4.79 Å². The summed E-state index contributed by atoms with van der Waals surface area (Å²) >= 11 is 0. The quantitative estimate of drug-likeness (QED) is 0.528. The second-order valence-electron chi connectivity index (χ2n) is 1.93. The maximum absolute atomic E-state index is 10.5. The second-order valence-corrected chi connectivity index (χ2v) is 1.93. The van der Waals surface area contributed by atoms with E-state index in [1.807, 2.05) is 6.08 Å². The van der Waals surface area contributed by atoms with Crippen molar-refractivity contribution in [2.24, 2.45) is 16.6 Å². The van der Waals surface area contributed by atoms with Gasteiger partial charge in [-0.2, -0.15) is 0 Å². The molecule has 1 unspecified atom stereocenters. The average Bonchev–Trinajstić information content (AvgIpc) is 1.90. The molecule has 0 fully saturated rings. The minimum Gasteiger partial charge on any atom is -0.369 e. The summed E-state index contributed by atoms with van der Waals surface area (Å²) in [6, 6.07) is 0. The molecule has 0 aliphatic carbocycles. The van der Waals surface area contributed by atoms with Crippen molar-refractivity contribution in [2.75, 3.05) is 0 Å². The van der Waals surface area contributed by atoms with Crippen molar-refractivity contribution in [3.05, 3.63) is 12.3 Å². The van der Waals surface area contributed by atoms with Crippen LogP contribution in [0.4, 0.5) is 0 Å². The highest BCUT2D eigenvalue weighted by molar-refractivity contribution is 5.93. The van der Waals surface area contributed by atoms with Crippen LogP contribution in [0.5, 0.6) is 0 Å². The molecule has 0 saturated heterocycles. The first-order valence-corrected chi connectivity index (χ1v) is 2.78. The summed E-state index contributed by atoms with van der Waals surface area (Å²) in [4.78, 5) is 14.2. The van der Waals surface area contributed by atoms with Crippen LogP contribution < -0.4 is 5.73 Å². The predicted octanol–water partition coefficient (Wildman–Crippen LogP) is 0.0761. The molecule has 1 amide bonds. The lowest BCUT2D eigenvalue weighted by Crippen LogP contribution is -2.24. The molecule has 0 radical (unpaired) electrons. The number of allylic oxidation sites excluding steroid dienone is 1. The number of amides is 1. The van der Waals surface area contributed by atoms with Crippen LogP contribution >= 0.6 is 0 Å². The van der Waals surface area contributed by atoms with Crippen molar-refractivity contribution in [1.29, 1.82) is 0 Å². The van der Waals surface area contributed by atoms with Gasteiger partial charge in [0.25, 0.3) is 0 Å². The number of carbonyl (C=O) groups is 1. The van der Waals surface area contributed by atoms with Gasteiger partial charge in [-0.25, -0.2) is 0 Å². The lowest BCUT2D eigenvalue weighted by molar-refractivity contribution is -0.119. The molecule has 1 rings (SSSR count). The summed E-state index contributed by atoms with van der Waals surface area (Å²) in [5.41, 5.74) is 5.00. The molecule has 1 heterocycles. The highest BCUT2D eigenvalue weighted by Crippen LogP contribution is 2.04. The Kier molecular flexibility index (Phi) is 1.63. The number of carbonyl (C=O) groups excluding carboxylic acids is 1. The van der Waals surface area contributed by atoms with Crippen LogP contribution in [0.2, 0.25) is 0 Å². The van der Waals surface area contributed by atoms with Crippen LogP contribution in [0.3, 0.4) is 0 Å². The summed E-state index contributed by atoms with van der Waals surface area (Å²) < 4.78 is 0. The standard InChI is InChI=1S/C6H8N2O/c7-6(9)5-2-1-3-8-4-5/h1,3-5H,2H2,(H2,7,9). The minimum atomic E-state index is -0.303. The number of aliphatic imine (C=N–C) groups is 1. The second kappa shape index (κ2) is 2.44. The van der Waals surface area contributed by atoms with Gasteiger partial charge in [0.2, 0.25) is 5.91 Å². The first-order valence-electron chi connectivity index (χ1n) is 2.78. The highest BCUT2D eigenvalue weighted by atomic mass is 16.1. The Labute approximate surface area is 53.3 Å². The van der Waals surface area contributed by atoms with Crippen LogP contribution in [-0.2, 0) is 4.79 Å². The van der Waals surface area contributed by atoms with Crippen molar-refractivity contribution in [2.45, 2.75) is 6.42 Å². The van der Waals surface area contributed by atoms with E-state index in [9.17, 15) is 4.79 Å². The summed E-state index contributed by atoms with van der Waals surface area (Å²) in [7, 11) is 0. The van der Waals surface area contributed by atoms with E-state index in [2.05, 4.69) is 4.99 Å². The minimum absolute atomic E-state index is 0.185. The van der Waals surface area contributed by atoms with Gasteiger partial charge in [-0.05, 0) is 6.42 Å². The van der Waals surface area contributed by atoms with E-state index in [0.29, 0.717) is 6.42 Å². The Balaban J connectivity index is 2.56. The maximum atomic E-state index is 10.5. The number of hydrogen-bond acceptors (Lipinski definition) is 2. The molecule has 0 saturated carbocycles. The van der Waals surface area contributed by atoms with E-state index in [1.54, 1.807) is 12.4 Å². The molecule has 0 bridgehead atoms. The van der Waals surface area contributed by atoms with Gasteiger partial charge in [-0.15, -0.1) is 0 Å². The SMILES string of the molecule is NC(=O)C1C=NC=CC1. The summed E-state index contributed by atoms with van der Waals surface area (Å²) in [5.74, 6) is -0.488. The van der Waals surface area contributed by atoms with Crippen molar-refractivity contribution >= 4 is 12.1 Å².